The van der Waals surface area contributed by atoms with Gasteiger partial charge in [0.15, 0.2) is 6.61 Å². The second-order valence-electron chi connectivity index (χ2n) is 6.83. The van der Waals surface area contributed by atoms with E-state index in [-0.39, 0.29) is 16.2 Å². The van der Waals surface area contributed by atoms with Crippen molar-refractivity contribution in [3.8, 4) is 11.5 Å². The third kappa shape index (κ3) is 6.79. The van der Waals surface area contributed by atoms with E-state index in [9.17, 15) is 18.0 Å². The Kier molecular flexibility index (Phi) is 7.65. The molecule has 0 spiro atoms. The van der Waals surface area contributed by atoms with E-state index < -0.39 is 28.5 Å². The predicted molar refractivity (Wildman–Crippen MR) is 120 cm³/mol. The number of nitrogens with two attached hydrogens (primary N) is 1. The molecule has 0 radical (unpaired) electrons. The van der Waals surface area contributed by atoms with Crippen LogP contribution in [0.5, 0.6) is 11.5 Å². The van der Waals surface area contributed by atoms with E-state index in [2.05, 4.69) is 5.32 Å². The third-order valence-electron chi connectivity index (χ3n) is 4.43. The first-order valence-electron chi connectivity index (χ1n) is 9.71. The first-order chi connectivity index (χ1) is 15.8. The average Bonchev–Trinajstić information content (AvgIpc) is 2.81. The smallest absolute Gasteiger partial charge is 0.338 e. The second-order valence-corrected chi connectivity index (χ2v) is 8.36. The van der Waals surface area contributed by atoms with Gasteiger partial charge in [-0.25, -0.2) is 18.4 Å². The van der Waals surface area contributed by atoms with Crippen LogP contribution in [0, 0.1) is 0 Å². The summed E-state index contributed by atoms with van der Waals surface area (Å²) in [4.78, 5) is 24.0. The van der Waals surface area contributed by atoms with Crippen molar-refractivity contribution in [3.05, 3.63) is 83.9 Å². The van der Waals surface area contributed by atoms with Crippen molar-refractivity contribution in [2.24, 2.45) is 5.14 Å². The standard InChI is InChI=1S/C23H22N2O7S/c1-30-20-12-7-17(13-21(20)33(24,28)29)23(27)32-15-22(26)25-18-8-10-19(11-9-18)31-14-16-5-3-2-4-6-16/h2-13H,14-15H2,1H3,(H,25,26)(H2,24,28,29). The van der Waals surface area contributed by atoms with E-state index >= 15 is 0 Å². The van der Waals surface area contributed by atoms with Gasteiger partial charge in [0.25, 0.3) is 5.91 Å². The van der Waals surface area contributed by atoms with Crippen molar-refractivity contribution in [1.82, 2.24) is 0 Å². The van der Waals surface area contributed by atoms with Crippen molar-refractivity contribution in [3.63, 3.8) is 0 Å². The van der Waals surface area contributed by atoms with E-state index in [1.165, 1.54) is 19.2 Å². The summed E-state index contributed by atoms with van der Waals surface area (Å²) >= 11 is 0. The molecule has 0 saturated carbocycles. The largest absolute Gasteiger partial charge is 0.495 e. The lowest BCUT2D eigenvalue weighted by Crippen LogP contribution is -2.21. The molecular formula is C23H22N2O7S. The highest BCUT2D eigenvalue weighted by atomic mass is 32.2. The van der Waals surface area contributed by atoms with Crippen molar-refractivity contribution in [1.29, 1.82) is 0 Å². The van der Waals surface area contributed by atoms with Gasteiger partial charge in [0.05, 0.1) is 12.7 Å². The fraction of sp³-hybridized carbons (Fsp3) is 0.130. The maximum atomic E-state index is 12.2. The minimum absolute atomic E-state index is 0.0111. The Morgan fingerprint density at radius 2 is 1.67 bits per heavy atom. The lowest BCUT2D eigenvalue weighted by atomic mass is 10.2. The number of carbonyl (C=O) groups is 2. The number of amides is 1. The van der Waals surface area contributed by atoms with Gasteiger partial charge >= 0.3 is 5.97 Å². The molecule has 0 bridgehead atoms. The Hall–Kier alpha value is -3.89. The quantitative estimate of drug-likeness (QED) is 0.459. The van der Waals surface area contributed by atoms with E-state index in [1.807, 2.05) is 30.3 Å². The van der Waals surface area contributed by atoms with Crippen LogP contribution in [-0.4, -0.2) is 34.0 Å². The van der Waals surface area contributed by atoms with Crippen molar-refractivity contribution >= 4 is 27.6 Å². The first-order valence-corrected chi connectivity index (χ1v) is 11.3. The molecule has 0 heterocycles. The van der Waals surface area contributed by atoms with Crippen molar-refractivity contribution < 1.29 is 32.2 Å². The number of benzene rings is 3. The van der Waals surface area contributed by atoms with Crippen LogP contribution in [-0.2, 0) is 26.2 Å². The number of hydrogen-bond donors (Lipinski definition) is 2. The van der Waals surface area contributed by atoms with Crippen LogP contribution in [0.15, 0.2) is 77.7 Å². The van der Waals surface area contributed by atoms with Gasteiger partial charge < -0.3 is 19.5 Å². The van der Waals surface area contributed by atoms with E-state index in [0.717, 1.165) is 11.6 Å². The molecule has 1 amide bonds. The highest BCUT2D eigenvalue weighted by Crippen LogP contribution is 2.24. The first kappa shape index (κ1) is 23.8. The molecule has 33 heavy (non-hydrogen) atoms. The summed E-state index contributed by atoms with van der Waals surface area (Å²) in [7, 11) is -2.85. The van der Waals surface area contributed by atoms with Crippen molar-refractivity contribution in [2.45, 2.75) is 11.5 Å². The molecule has 0 aliphatic carbocycles. The molecule has 10 heteroatoms. The maximum Gasteiger partial charge on any atom is 0.338 e. The van der Waals surface area contributed by atoms with Gasteiger partial charge in [-0.15, -0.1) is 0 Å². The molecule has 3 aromatic carbocycles. The topological polar surface area (TPSA) is 134 Å². The number of anilines is 1. The van der Waals surface area contributed by atoms with Crippen LogP contribution >= 0.6 is 0 Å². The Balaban J connectivity index is 1.52. The van der Waals surface area contributed by atoms with Crippen LogP contribution < -0.4 is 19.9 Å². The lowest BCUT2D eigenvalue weighted by Gasteiger charge is -2.10. The third-order valence-corrected chi connectivity index (χ3v) is 5.36. The van der Waals surface area contributed by atoms with Crippen LogP contribution in [0.2, 0.25) is 0 Å². The van der Waals surface area contributed by atoms with Gasteiger partial charge in [-0.1, -0.05) is 30.3 Å². The number of hydrogen-bond acceptors (Lipinski definition) is 7. The molecule has 3 rings (SSSR count). The van der Waals surface area contributed by atoms with E-state index in [1.54, 1.807) is 24.3 Å². The van der Waals surface area contributed by atoms with Gasteiger partial charge in [-0.3, -0.25) is 4.79 Å². The Bertz CT molecular complexity index is 1230. The number of esters is 1. The predicted octanol–water partition coefficient (Wildman–Crippen LogP) is 2.72. The SMILES string of the molecule is COc1ccc(C(=O)OCC(=O)Nc2ccc(OCc3ccccc3)cc2)cc1S(N)(=O)=O. The molecule has 0 atom stereocenters. The summed E-state index contributed by atoms with van der Waals surface area (Å²) in [6.07, 6.45) is 0. The van der Waals surface area contributed by atoms with Gasteiger partial charge in [-0.2, -0.15) is 0 Å². The number of methoxy groups -OCH3 is 1. The van der Waals surface area contributed by atoms with E-state index in [4.69, 9.17) is 19.3 Å². The van der Waals surface area contributed by atoms with Gasteiger partial charge in [0.2, 0.25) is 10.0 Å². The van der Waals surface area contributed by atoms with Crippen molar-refractivity contribution in [2.75, 3.05) is 19.0 Å². The van der Waals surface area contributed by atoms with E-state index in [0.29, 0.717) is 18.0 Å². The molecule has 0 fully saturated rings. The zero-order valence-corrected chi connectivity index (χ0v) is 18.5. The lowest BCUT2D eigenvalue weighted by molar-refractivity contribution is -0.119. The van der Waals surface area contributed by atoms with Gasteiger partial charge in [0, 0.05) is 5.69 Å². The molecule has 0 aliphatic heterocycles. The monoisotopic (exact) mass is 470 g/mol. The van der Waals surface area contributed by atoms with Crippen LogP contribution in [0.4, 0.5) is 5.69 Å². The number of carbonyl (C=O) groups excluding carboxylic acids is 2. The highest BCUT2D eigenvalue weighted by Gasteiger charge is 2.19. The second kappa shape index (κ2) is 10.6. The average molecular weight is 471 g/mol. The normalized spacial score (nSPS) is 10.8. The molecular weight excluding hydrogens is 448 g/mol. The zero-order chi connectivity index (χ0) is 23.8. The zero-order valence-electron chi connectivity index (χ0n) is 17.7. The molecule has 0 aliphatic rings. The summed E-state index contributed by atoms with van der Waals surface area (Å²) in [6, 6.07) is 20.0. The molecule has 3 N–H and O–H groups in total. The summed E-state index contributed by atoms with van der Waals surface area (Å²) < 4.78 is 38.9. The number of primary sulfonamides is 1. The fourth-order valence-electron chi connectivity index (χ4n) is 2.81. The summed E-state index contributed by atoms with van der Waals surface area (Å²) in [5, 5.41) is 7.73. The highest BCUT2D eigenvalue weighted by molar-refractivity contribution is 7.89. The van der Waals surface area contributed by atoms with Gasteiger partial charge in [-0.05, 0) is 48.0 Å². The fourth-order valence-corrected chi connectivity index (χ4v) is 3.54. The summed E-state index contributed by atoms with van der Waals surface area (Å²) in [5.41, 5.74) is 1.43. The number of nitrogens with one attached hydrogen (secondary N) is 1. The molecule has 172 valence electrons. The van der Waals surface area contributed by atoms with Crippen LogP contribution in [0.1, 0.15) is 15.9 Å². The number of sulfonamides is 1. The maximum absolute atomic E-state index is 12.2. The minimum Gasteiger partial charge on any atom is -0.495 e. The number of rotatable bonds is 9. The van der Waals surface area contributed by atoms with Crippen LogP contribution in [0.25, 0.3) is 0 Å². The molecule has 0 unspecified atom stereocenters. The Morgan fingerprint density at radius 1 is 0.970 bits per heavy atom. The molecule has 3 aromatic rings. The molecule has 0 saturated heterocycles. The minimum atomic E-state index is -4.12. The Labute approximate surface area is 191 Å². The van der Waals surface area contributed by atoms with Crippen LogP contribution in [0.3, 0.4) is 0 Å². The molecule has 0 aromatic heterocycles. The summed E-state index contributed by atoms with van der Waals surface area (Å²) in [5.74, 6) is -0.833. The Morgan fingerprint density at radius 3 is 2.30 bits per heavy atom. The number of ether oxygens (including phenoxy) is 3. The van der Waals surface area contributed by atoms with Gasteiger partial charge in [0.1, 0.15) is 23.0 Å². The molecule has 9 nitrogen and oxygen atoms in total. The summed E-state index contributed by atoms with van der Waals surface area (Å²) in [6.45, 7) is -0.150.